The zero-order valence-electron chi connectivity index (χ0n) is 9.90. The van der Waals surface area contributed by atoms with E-state index in [1.54, 1.807) is 29.2 Å². The summed E-state index contributed by atoms with van der Waals surface area (Å²) in [6.45, 7) is 0.883. The van der Waals surface area contributed by atoms with Crippen molar-refractivity contribution in [3.8, 4) is 0 Å². The topological polar surface area (TPSA) is 52.6 Å². The van der Waals surface area contributed by atoms with Gasteiger partial charge >= 0.3 is 6.03 Å². The minimum atomic E-state index is -0.628. The number of carbonyl (C=O) groups excluding carboxylic acids is 1. The molecule has 96 valence electrons. The minimum absolute atomic E-state index is 0.164. The molecule has 2 aliphatic rings. The lowest BCUT2D eigenvalue weighted by molar-refractivity contribution is -0.0897. The van der Waals surface area contributed by atoms with Gasteiger partial charge in [0.25, 0.3) is 0 Å². The standard InChI is InChI=1S/C13H15ClN2O2/c14-10-3-5-11(6-4-10)15-12(17)16-7-13(18,8-16)9-1-2-9/h3-6,9,18H,1-2,7-8H2,(H,15,17). The van der Waals surface area contributed by atoms with Gasteiger partial charge in [-0.05, 0) is 43.0 Å². The molecule has 1 aliphatic carbocycles. The number of urea groups is 1. The smallest absolute Gasteiger partial charge is 0.322 e. The molecule has 2 N–H and O–H groups in total. The number of carbonyl (C=O) groups is 1. The van der Waals surface area contributed by atoms with E-state index < -0.39 is 5.60 Å². The van der Waals surface area contributed by atoms with Crippen LogP contribution in [0.5, 0.6) is 0 Å². The summed E-state index contributed by atoms with van der Waals surface area (Å²) in [7, 11) is 0. The number of anilines is 1. The Morgan fingerprint density at radius 3 is 2.50 bits per heavy atom. The van der Waals surface area contributed by atoms with Crippen LogP contribution in [0.4, 0.5) is 10.5 Å². The maximum Gasteiger partial charge on any atom is 0.322 e. The Balaban J connectivity index is 1.55. The molecular formula is C13H15ClN2O2. The van der Waals surface area contributed by atoms with Crippen LogP contribution in [0.1, 0.15) is 12.8 Å². The van der Waals surface area contributed by atoms with Crippen LogP contribution >= 0.6 is 11.6 Å². The number of hydrogen-bond donors (Lipinski definition) is 2. The van der Waals surface area contributed by atoms with Crippen LogP contribution in [0, 0.1) is 5.92 Å². The highest BCUT2D eigenvalue weighted by Crippen LogP contribution is 2.44. The molecule has 1 saturated heterocycles. The Kier molecular flexibility index (Phi) is 2.72. The summed E-state index contributed by atoms with van der Waals surface area (Å²) in [5.74, 6) is 0.400. The lowest BCUT2D eigenvalue weighted by Crippen LogP contribution is -2.65. The van der Waals surface area contributed by atoms with Crippen LogP contribution in [0.25, 0.3) is 0 Å². The Labute approximate surface area is 111 Å². The van der Waals surface area contributed by atoms with Gasteiger partial charge in [0, 0.05) is 10.7 Å². The molecule has 18 heavy (non-hydrogen) atoms. The van der Waals surface area contributed by atoms with Crippen molar-refractivity contribution in [2.75, 3.05) is 18.4 Å². The Morgan fingerprint density at radius 1 is 1.33 bits per heavy atom. The number of halogens is 1. The summed E-state index contributed by atoms with van der Waals surface area (Å²) in [6, 6.07) is 6.81. The third kappa shape index (κ3) is 2.18. The fraction of sp³-hybridized carbons (Fsp3) is 0.462. The van der Waals surface area contributed by atoms with E-state index in [-0.39, 0.29) is 6.03 Å². The van der Waals surface area contributed by atoms with Crippen molar-refractivity contribution in [3.05, 3.63) is 29.3 Å². The fourth-order valence-corrected chi connectivity index (χ4v) is 2.50. The molecule has 2 amide bonds. The molecule has 3 rings (SSSR count). The average molecular weight is 267 g/mol. The number of aliphatic hydroxyl groups is 1. The third-order valence-electron chi connectivity index (χ3n) is 3.65. The van der Waals surface area contributed by atoms with E-state index in [1.807, 2.05) is 0 Å². The van der Waals surface area contributed by atoms with E-state index in [9.17, 15) is 9.90 Å². The third-order valence-corrected chi connectivity index (χ3v) is 3.90. The molecule has 4 nitrogen and oxygen atoms in total. The first-order valence-corrected chi connectivity index (χ1v) is 6.48. The molecule has 1 saturated carbocycles. The monoisotopic (exact) mass is 266 g/mol. The first-order valence-electron chi connectivity index (χ1n) is 6.11. The van der Waals surface area contributed by atoms with Crippen molar-refractivity contribution >= 4 is 23.3 Å². The number of amides is 2. The molecular weight excluding hydrogens is 252 g/mol. The summed E-state index contributed by atoms with van der Waals surface area (Å²) in [5, 5.41) is 13.6. The normalized spacial score (nSPS) is 21.3. The summed E-state index contributed by atoms with van der Waals surface area (Å²) in [6.07, 6.45) is 2.17. The molecule has 0 atom stereocenters. The van der Waals surface area contributed by atoms with Crippen molar-refractivity contribution in [1.82, 2.24) is 4.90 Å². The van der Waals surface area contributed by atoms with Crippen LogP contribution < -0.4 is 5.32 Å². The number of benzene rings is 1. The summed E-state index contributed by atoms with van der Waals surface area (Å²) >= 11 is 5.77. The second kappa shape index (κ2) is 4.14. The van der Waals surface area contributed by atoms with E-state index in [4.69, 9.17) is 11.6 Å². The van der Waals surface area contributed by atoms with Crippen LogP contribution in [0.3, 0.4) is 0 Å². The second-order valence-corrected chi connectivity index (χ2v) is 5.61. The number of β-amino-alcohol motifs (C(OH)–C–C–N with tert-alkyl or cyclic N) is 1. The molecule has 0 spiro atoms. The summed E-state index contributed by atoms with van der Waals surface area (Å²) in [5.41, 5.74) is 0.0865. The van der Waals surface area contributed by atoms with Gasteiger partial charge in [-0.25, -0.2) is 4.79 Å². The highest BCUT2D eigenvalue weighted by atomic mass is 35.5. The van der Waals surface area contributed by atoms with Gasteiger partial charge in [0.05, 0.1) is 13.1 Å². The van der Waals surface area contributed by atoms with E-state index in [0.29, 0.717) is 29.7 Å². The molecule has 5 heteroatoms. The zero-order valence-corrected chi connectivity index (χ0v) is 10.7. The molecule has 1 aromatic rings. The molecule has 1 aliphatic heterocycles. The largest absolute Gasteiger partial charge is 0.386 e. The first kappa shape index (κ1) is 11.8. The van der Waals surface area contributed by atoms with Crippen molar-refractivity contribution in [1.29, 1.82) is 0 Å². The van der Waals surface area contributed by atoms with Gasteiger partial charge in [0.1, 0.15) is 5.60 Å². The lowest BCUT2D eigenvalue weighted by Gasteiger charge is -2.46. The molecule has 1 aromatic carbocycles. The van der Waals surface area contributed by atoms with Gasteiger partial charge in [0.15, 0.2) is 0 Å². The maximum atomic E-state index is 11.9. The molecule has 0 radical (unpaired) electrons. The number of rotatable bonds is 2. The predicted octanol–water partition coefficient (Wildman–Crippen LogP) is 2.33. The Morgan fingerprint density at radius 2 is 1.94 bits per heavy atom. The number of nitrogens with zero attached hydrogens (tertiary/aromatic N) is 1. The van der Waals surface area contributed by atoms with Crippen LogP contribution in [-0.4, -0.2) is 34.7 Å². The average Bonchev–Trinajstić information content (AvgIpc) is 3.12. The maximum absolute atomic E-state index is 11.9. The van der Waals surface area contributed by atoms with Gasteiger partial charge in [0.2, 0.25) is 0 Å². The van der Waals surface area contributed by atoms with Gasteiger partial charge in [-0.2, -0.15) is 0 Å². The first-order chi connectivity index (χ1) is 8.57. The molecule has 1 heterocycles. The fourth-order valence-electron chi connectivity index (χ4n) is 2.37. The SMILES string of the molecule is O=C(Nc1ccc(Cl)cc1)N1CC(O)(C2CC2)C1. The quantitative estimate of drug-likeness (QED) is 0.863. The summed E-state index contributed by atoms with van der Waals surface area (Å²) < 4.78 is 0. The highest BCUT2D eigenvalue weighted by molar-refractivity contribution is 6.30. The Bertz CT molecular complexity index is 464. The van der Waals surface area contributed by atoms with Crippen molar-refractivity contribution in [2.24, 2.45) is 5.92 Å². The molecule has 0 bridgehead atoms. The van der Waals surface area contributed by atoms with Gasteiger partial charge in [-0.3, -0.25) is 0 Å². The zero-order chi connectivity index (χ0) is 12.8. The number of likely N-dealkylation sites (tertiary alicyclic amines) is 1. The van der Waals surface area contributed by atoms with E-state index in [0.717, 1.165) is 12.8 Å². The lowest BCUT2D eigenvalue weighted by atomic mass is 9.89. The Hall–Kier alpha value is -1.26. The minimum Gasteiger partial charge on any atom is -0.386 e. The second-order valence-electron chi connectivity index (χ2n) is 5.17. The summed E-state index contributed by atoms with van der Waals surface area (Å²) in [4.78, 5) is 13.5. The van der Waals surface area contributed by atoms with Crippen molar-refractivity contribution in [2.45, 2.75) is 18.4 Å². The highest BCUT2D eigenvalue weighted by Gasteiger charge is 2.53. The molecule has 0 aromatic heterocycles. The molecule has 2 fully saturated rings. The van der Waals surface area contributed by atoms with E-state index in [1.165, 1.54) is 0 Å². The van der Waals surface area contributed by atoms with Gasteiger partial charge in [-0.1, -0.05) is 11.6 Å². The van der Waals surface area contributed by atoms with Crippen LogP contribution in [-0.2, 0) is 0 Å². The molecule has 0 unspecified atom stereocenters. The van der Waals surface area contributed by atoms with E-state index >= 15 is 0 Å². The van der Waals surface area contributed by atoms with Crippen LogP contribution in [0.2, 0.25) is 5.02 Å². The van der Waals surface area contributed by atoms with Crippen molar-refractivity contribution in [3.63, 3.8) is 0 Å². The predicted molar refractivity (Wildman–Crippen MR) is 69.7 cm³/mol. The number of hydrogen-bond acceptors (Lipinski definition) is 2. The van der Waals surface area contributed by atoms with Gasteiger partial charge < -0.3 is 15.3 Å². The number of nitrogens with one attached hydrogen (secondary N) is 1. The van der Waals surface area contributed by atoms with E-state index in [2.05, 4.69) is 5.32 Å². The van der Waals surface area contributed by atoms with Crippen molar-refractivity contribution < 1.29 is 9.90 Å². The van der Waals surface area contributed by atoms with Gasteiger partial charge in [-0.15, -0.1) is 0 Å². The van der Waals surface area contributed by atoms with Crippen LogP contribution in [0.15, 0.2) is 24.3 Å².